The average molecular weight is 730 g/mol. The van der Waals surface area contributed by atoms with Crippen LogP contribution in [0.15, 0.2) is 98.5 Å². The number of thiazole rings is 1. The van der Waals surface area contributed by atoms with Crippen molar-refractivity contribution >= 4 is 45.3 Å². The molecule has 3 heterocycles. The molecule has 0 fully saturated rings. The number of ether oxygens (including phenoxy) is 4. The predicted octanol–water partition coefficient (Wildman–Crippen LogP) is 4.97. The highest BCUT2D eigenvalue weighted by molar-refractivity contribution is 9.10. The molecule has 1 unspecified atom stereocenters. The van der Waals surface area contributed by atoms with Gasteiger partial charge in [0.25, 0.3) is 5.56 Å². The van der Waals surface area contributed by atoms with Gasteiger partial charge in [0.2, 0.25) is 0 Å². The van der Waals surface area contributed by atoms with Crippen molar-refractivity contribution in [2.24, 2.45) is 4.99 Å². The summed E-state index contributed by atoms with van der Waals surface area (Å²) in [7, 11) is 4.31. The van der Waals surface area contributed by atoms with Gasteiger partial charge in [0.1, 0.15) is 11.4 Å². The van der Waals surface area contributed by atoms with Crippen molar-refractivity contribution in [1.29, 1.82) is 0 Å². The minimum Gasteiger partial charge on any atom is -0.496 e. The molecule has 11 nitrogen and oxygen atoms in total. The first kappa shape index (κ1) is 32.7. The molecular weight excluding hydrogens is 700 g/mol. The number of fused-ring (bicyclic) bond motifs is 1. The minimum absolute atomic E-state index is 0.194. The molecule has 2 aromatic heterocycles. The van der Waals surface area contributed by atoms with Crippen LogP contribution < -0.4 is 29.1 Å². The maximum atomic E-state index is 14.3. The van der Waals surface area contributed by atoms with Crippen LogP contribution in [0.25, 0.3) is 23.0 Å². The van der Waals surface area contributed by atoms with E-state index in [1.807, 2.05) is 54.7 Å². The van der Waals surface area contributed by atoms with Gasteiger partial charge in [-0.3, -0.25) is 14.2 Å². The molecule has 0 radical (unpaired) electrons. The predicted molar refractivity (Wildman–Crippen MR) is 183 cm³/mol. The highest BCUT2D eigenvalue weighted by atomic mass is 79.9. The summed E-state index contributed by atoms with van der Waals surface area (Å²) < 4.78 is 25.7. The lowest BCUT2D eigenvalue weighted by molar-refractivity contribution is -0.136. The summed E-state index contributed by atoms with van der Waals surface area (Å²) in [6, 6.07) is 19.3. The molecular formula is C35H29BrN4O7S. The fraction of sp³-hybridized carbons (Fsp3) is 0.171. The number of hydrogen-bond donors (Lipinski definition) is 0. The number of rotatable bonds is 8. The van der Waals surface area contributed by atoms with Crippen LogP contribution in [0.5, 0.6) is 17.2 Å². The third-order valence-corrected chi connectivity index (χ3v) is 9.26. The quantitative estimate of drug-likeness (QED) is 0.162. The number of esters is 2. The van der Waals surface area contributed by atoms with Gasteiger partial charge in [-0.05, 0) is 77.0 Å². The van der Waals surface area contributed by atoms with Crippen LogP contribution in [0, 0.1) is 0 Å². The van der Waals surface area contributed by atoms with E-state index in [1.165, 1.54) is 37.0 Å². The first-order valence-electron chi connectivity index (χ1n) is 14.6. The number of aromatic nitrogens is 3. The van der Waals surface area contributed by atoms with Crippen molar-refractivity contribution < 1.29 is 28.5 Å². The van der Waals surface area contributed by atoms with Crippen molar-refractivity contribution in [1.82, 2.24) is 14.3 Å². The van der Waals surface area contributed by atoms with Crippen molar-refractivity contribution in [2.45, 2.75) is 19.9 Å². The molecule has 13 heteroatoms. The number of halogens is 1. The lowest BCUT2D eigenvalue weighted by Crippen LogP contribution is -2.39. The minimum atomic E-state index is -0.903. The Balaban J connectivity index is 1.56. The first-order valence-corrected chi connectivity index (χ1v) is 16.2. The van der Waals surface area contributed by atoms with Crippen molar-refractivity contribution in [3.63, 3.8) is 0 Å². The molecule has 0 spiro atoms. The molecule has 0 aliphatic carbocycles. The molecule has 0 amide bonds. The third kappa shape index (κ3) is 6.09. The van der Waals surface area contributed by atoms with E-state index in [2.05, 4.69) is 20.9 Å². The lowest BCUT2D eigenvalue weighted by atomic mass is 9.95. The molecule has 0 saturated carbocycles. The molecule has 3 aromatic carbocycles. The molecule has 0 bridgehead atoms. The molecule has 5 aromatic rings. The van der Waals surface area contributed by atoms with Gasteiger partial charge < -0.3 is 18.9 Å². The van der Waals surface area contributed by atoms with E-state index in [1.54, 1.807) is 43.0 Å². The van der Waals surface area contributed by atoms with Gasteiger partial charge in [0.15, 0.2) is 16.3 Å². The molecule has 1 atom stereocenters. The molecule has 6 rings (SSSR count). The van der Waals surface area contributed by atoms with E-state index in [4.69, 9.17) is 24.0 Å². The first-order chi connectivity index (χ1) is 23.1. The summed E-state index contributed by atoms with van der Waals surface area (Å²) in [6.45, 7) is 2.99. The monoisotopic (exact) mass is 728 g/mol. The largest absolute Gasteiger partial charge is 0.496 e. The Morgan fingerprint density at radius 3 is 2.35 bits per heavy atom. The van der Waals surface area contributed by atoms with E-state index < -0.39 is 18.0 Å². The van der Waals surface area contributed by atoms with Crippen LogP contribution in [0.2, 0.25) is 0 Å². The van der Waals surface area contributed by atoms with Gasteiger partial charge >= 0.3 is 11.9 Å². The zero-order valence-electron chi connectivity index (χ0n) is 26.5. The Kier molecular flexibility index (Phi) is 9.16. The third-order valence-electron chi connectivity index (χ3n) is 7.66. The van der Waals surface area contributed by atoms with Crippen LogP contribution in [0.4, 0.5) is 0 Å². The number of benzene rings is 3. The molecule has 0 N–H and O–H groups in total. The van der Waals surface area contributed by atoms with Crippen LogP contribution in [-0.2, 0) is 14.3 Å². The highest BCUT2D eigenvalue weighted by Gasteiger charge is 2.34. The Hall–Kier alpha value is -5.27. The summed E-state index contributed by atoms with van der Waals surface area (Å²) in [5.74, 6) is -0.0145. The Labute approximate surface area is 287 Å². The number of allylic oxidation sites excluding steroid dienone is 1. The van der Waals surface area contributed by atoms with Gasteiger partial charge in [0.05, 0.1) is 53.3 Å². The topological polar surface area (TPSA) is 123 Å². The number of hydrogen-bond acceptors (Lipinski definition) is 10. The van der Waals surface area contributed by atoms with E-state index in [9.17, 15) is 14.4 Å². The average Bonchev–Trinajstić information content (AvgIpc) is 3.64. The van der Waals surface area contributed by atoms with Gasteiger partial charge in [-0.25, -0.2) is 14.5 Å². The maximum absolute atomic E-state index is 14.3. The molecule has 1 aliphatic heterocycles. The van der Waals surface area contributed by atoms with Crippen molar-refractivity contribution in [3.05, 3.63) is 119 Å². The fourth-order valence-corrected chi connectivity index (χ4v) is 7.06. The van der Waals surface area contributed by atoms with E-state index in [0.29, 0.717) is 37.6 Å². The van der Waals surface area contributed by atoms with Crippen LogP contribution in [-0.4, -0.2) is 47.6 Å². The highest BCUT2D eigenvalue weighted by Crippen LogP contribution is 2.36. The van der Waals surface area contributed by atoms with Crippen LogP contribution in [0.3, 0.4) is 0 Å². The number of para-hydroxylation sites is 1. The van der Waals surface area contributed by atoms with Crippen molar-refractivity contribution in [3.8, 4) is 34.2 Å². The second kappa shape index (κ2) is 13.5. The standard InChI is InChI=1S/C35H29BrN4O7S/c1-19-30(34(43)46-5)32(22-12-14-27(47-20(2)41)28(16-22)45-4)40-33(42)29(48-35(40)37-19)17-23-18-39(24-9-7-6-8-10-24)38-31(23)21-11-13-26(44-3)25(36)15-21/h6-18,32H,1-5H3. The zero-order valence-corrected chi connectivity index (χ0v) is 28.9. The lowest BCUT2D eigenvalue weighted by Gasteiger charge is -2.25. The molecule has 1 aliphatic rings. The summed E-state index contributed by atoms with van der Waals surface area (Å²) in [6.07, 6.45) is 3.64. The summed E-state index contributed by atoms with van der Waals surface area (Å²) in [4.78, 5) is 44.3. The Morgan fingerprint density at radius 1 is 0.958 bits per heavy atom. The normalized spacial score (nSPS) is 14.3. The zero-order chi connectivity index (χ0) is 34.1. The summed E-state index contributed by atoms with van der Waals surface area (Å²) >= 11 is 4.77. The summed E-state index contributed by atoms with van der Waals surface area (Å²) in [5.41, 5.74) is 3.74. The van der Waals surface area contributed by atoms with E-state index in [0.717, 1.165) is 15.7 Å². The van der Waals surface area contributed by atoms with Crippen LogP contribution >= 0.6 is 27.3 Å². The molecule has 48 heavy (non-hydrogen) atoms. The molecule has 244 valence electrons. The number of nitrogens with zero attached hydrogens (tertiary/aromatic N) is 4. The smallest absolute Gasteiger partial charge is 0.338 e. The van der Waals surface area contributed by atoms with Crippen LogP contribution in [0.1, 0.15) is 31.0 Å². The van der Waals surface area contributed by atoms with Gasteiger partial charge in [-0.1, -0.05) is 35.6 Å². The summed E-state index contributed by atoms with van der Waals surface area (Å²) in [5, 5.41) is 4.90. The van der Waals surface area contributed by atoms with E-state index in [-0.39, 0.29) is 22.6 Å². The van der Waals surface area contributed by atoms with Gasteiger partial charge in [-0.2, -0.15) is 5.10 Å². The van der Waals surface area contributed by atoms with Gasteiger partial charge in [0, 0.05) is 24.2 Å². The van der Waals surface area contributed by atoms with Crippen molar-refractivity contribution in [2.75, 3.05) is 21.3 Å². The number of carbonyl (C=O) groups excluding carboxylic acids is 2. The number of carbonyl (C=O) groups is 2. The Morgan fingerprint density at radius 2 is 1.69 bits per heavy atom. The second-order valence-corrected chi connectivity index (χ2v) is 12.5. The Bertz CT molecular complexity index is 2290. The maximum Gasteiger partial charge on any atom is 0.338 e. The fourth-order valence-electron chi connectivity index (χ4n) is 5.49. The van der Waals surface area contributed by atoms with E-state index >= 15 is 0 Å². The molecule has 0 saturated heterocycles. The second-order valence-electron chi connectivity index (χ2n) is 10.6. The SMILES string of the molecule is COC(=O)C1=C(C)N=c2sc(=Cc3cn(-c4ccccc4)nc3-c3ccc(OC)c(Br)c3)c(=O)n2C1c1ccc(OC(C)=O)c(OC)c1. The number of methoxy groups -OCH3 is 3. The van der Waals surface area contributed by atoms with Gasteiger partial charge in [-0.15, -0.1) is 0 Å².